The number of hydrogen-bond donors (Lipinski definition) is 0. The maximum Gasteiger partial charge on any atom is 0.0489 e. The molecule has 71 valence electrons. The van der Waals surface area contributed by atoms with Crippen LogP contribution < -0.4 is 5.32 Å². The molecular weight excluding hydrogens is 162 g/mol. The molecule has 0 saturated carbocycles. The van der Waals surface area contributed by atoms with Gasteiger partial charge in [-0.1, -0.05) is 0 Å². The van der Waals surface area contributed by atoms with Crippen LogP contribution in [0.4, 0.5) is 0 Å². The molecule has 0 N–H and O–H groups in total. The Kier molecular flexibility index (Phi) is 2.98. The molecule has 0 aromatic carbocycles. The molecule has 2 heterocycles. The summed E-state index contributed by atoms with van der Waals surface area (Å²) < 4.78 is 2.02. The molecule has 13 heavy (non-hydrogen) atoms. The van der Waals surface area contributed by atoms with Crippen molar-refractivity contribution in [3.05, 3.63) is 18.5 Å². The highest BCUT2D eigenvalue weighted by molar-refractivity contribution is 4.78. The van der Waals surface area contributed by atoms with Gasteiger partial charge in [-0.15, -0.1) is 0 Å². The van der Waals surface area contributed by atoms with Crippen LogP contribution >= 0.6 is 0 Å². The molecule has 1 fully saturated rings. The second-order valence-electron chi connectivity index (χ2n) is 3.67. The van der Waals surface area contributed by atoms with E-state index in [1.807, 2.05) is 23.1 Å². The molecule has 1 aliphatic heterocycles. The minimum Gasteiger partial charge on any atom is -0.273 e. The van der Waals surface area contributed by atoms with Crippen LogP contribution in [0.25, 0.3) is 0 Å². The lowest BCUT2D eigenvalue weighted by Gasteiger charge is -2.21. The molecule has 1 aliphatic rings. The Labute approximate surface area is 79.1 Å². The van der Waals surface area contributed by atoms with E-state index in [9.17, 15) is 0 Å². The van der Waals surface area contributed by atoms with Gasteiger partial charge in [-0.25, -0.2) is 5.32 Å². The summed E-state index contributed by atoms with van der Waals surface area (Å²) in [7, 11) is 0. The highest BCUT2D eigenvalue weighted by Crippen LogP contribution is 2.16. The zero-order chi connectivity index (χ0) is 8.93. The van der Waals surface area contributed by atoms with Crippen molar-refractivity contribution in [2.24, 2.45) is 5.92 Å². The van der Waals surface area contributed by atoms with Crippen LogP contribution in [0, 0.1) is 5.92 Å². The monoisotopic (exact) mass is 178 g/mol. The average Bonchev–Trinajstić information content (AvgIpc) is 2.69. The van der Waals surface area contributed by atoms with Crippen LogP contribution in [-0.4, -0.2) is 22.9 Å². The van der Waals surface area contributed by atoms with E-state index in [0.29, 0.717) is 0 Å². The van der Waals surface area contributed by atoms with Gasteiger partial charge in [0.1, 0.15) is 0 Å². The third kappa shape index (κ3) is 2.56. The fraction of sp³-hybridized carbons (Fsp3) is 0.700. The summed E-state index contributed by atoms with van der Waals surface area (Å²) in [5.41, 5.74) is 0. The van der Waals surface area contributed by atoms with Crippen molar-refractivity contribution in [1.29, 1.82) is 0 Å². The van der Waals surface area contributed by atoms with Gasteiger partial charge >= 0.3 is 0 Å². The van der Waals surface area contributed by atoms with E-state index < -0.39 is 0 Å². The predicted molar refractivity (Wildman–Crippen MR) is 51.4 cm³/mol. The van der Waals surface area contributed by atoms with Gasteiger partial charge in [-0.05, 0) is 31.2 Å². The van der Waals surface area contributed by atoms with E-state index in [1.54, 1.807) is 0 Å². The summed E-state index contributed by atoms with van der Waals surface area (Å²) in [5, 5.41) is 8.54. The molecule has 0 aliphatic carbocycles. The van der Waals surface area contributed by atoms with Gasteiger partial charge < -0.3 is 0 Å². The Bertz CT molecular complexity index is 224. The summed E-state index contributed by atoms with van der Waals surface area (Å²) >= 11 is 0. The number of aromatic nitrogens is 2. The first-order chi connectivity index (χ1) is 6.45. The van der Waals surface area contributed by atoms with Crippen LogP contribution in [0.2, 0.25) is 0 Å². The fourth-order valence-electron chi connectivity index (χ4n) is 1.84. The van der Waals surface area contributed by atoms with Gasteiger partial charge in [0.15, 0.2) is 0 Å². The largest absolute Gasteiger partial charge is 0.273 e. The first-order valence-electron chi connectivity index (χ1n) is 5.06. The van der Waals surface area contributed by atoms with Crippen LogP contribution in [0.5, 0.6) is 0 Å². The minimum atomic E-state index is 0.877. The Morgan fingerprint density at radius 3 is 2.85 bits per heavy atom. The Hall–Kier alpha value is -0.830. The zero-order valence-electron chi connectivity index (χ0n) is 7.89. The van der Waals surface area contributed by atoms with Gasteiger partial charge in [0.05, 0.1) is 0 Å². The van der Waals surface area contributed by atoms with Gasteiger partial charge in [0, 0.05) is 32.0 Å². The molecule has 0 bridgehead atoms. The van der Waals surface area contributed by atoms with Crippen molar-refractivity contribution in [3.63, 3.8) is 0 Å². The van der Waals surface area contributed by atoms with Crippen molar-refractivity contribution in [3.8, 4) is 0 Å². The second kappa shape index (κ2) is 4.42. The van der Waals surface area contributed by atoms with Gasteiger partial charge in [-0.2, -0.15) is 5.10 Å². The Balaban J connectivity index is 1.72. The number of aryl methyl sites for hydroxylation is 1. The predicted octanol–water partition coefficient (Wildman–Crippen LogP) is 1.29. The van der Waals surface area contributed by atoms with E-state index in [0.717, 1.165) is 25.6 Å². The Morgan fingerprint density at radius 1 is 1.31 bits per heavy atom. The van der Waals surface area contributed by atoms with E-state index in [4.69, 9.17) is 0 Å². The maximum absolute atomic E-state index is 4.35. The van der Waals surface area contributed by atoms with Crippen LogP contribution in [0.3, 0.4) is 0 Å². The fourth-order valence-corrected chi connectivity index (χ4v) is 1.84. The molecule has 3 heteroatoms. The highest BCUT2D eigenvalue weighted by atomic mass is 15.3. The van der Waals surface area contributed by atoms with E-state index in [1.165, 1.54) is 19.3 Å². The average molecular weight is 178 g/mol. The number of rotatable bonds is 3. The van der Waals surface area contributed by atoms with Gasteiger partial charge in [0.2, 0.25) is 0 Å². The van der Waals surface area contributed by atoms with Crippen molar-refractivity contribution < 1.29 is 0 Å². The van der Waals surface area contributed by atoms with E-state index >= 15 is 0 Å². The number of piperidine rings is 1. The van der Waals surface area contributed by atoms with Crippen LogP contribution in [-0.2, 0) is 6.54 Å². The molecule has 1 radical (unpaired) electrons. The lowest BCUT2D eigenvalue weighted by atomic mass is 9.95. The molecule has 3 nitrogen and oxygen atoms in total. The zero-order valence-corrected chi connectivity index (χ0v) is 7.89. The van der Waals surface area contributed by atoms with Crippen molar-refractivity contribution in [2.75, 3.05) is 13.1 Å². The summed E-state index contributed by atoms with van der Waals surface area (Å²) in [6.07, 6.45) is 7.70. The molecule has 0 amide bonds. The van der Waals surface area contributed by atoms with Gasteiger partial charge in [0.25, 0.3) is 0 Å². The standard InChI is InChI=1S/C10H16N3/c1-5-12-13(8-1)9-4-10-2-6-11-7-3-10/h1,5,8,10H,2-4,6-7,9H2. The lowest BCUT2D eigenvalue weighted by Crippen LogP contribution is -2.23. The molecule has 0 unspecified atom stereocenters. The third-order valence-electron chi connectivity index (χ3n) is 2.72. The molecule has 0 spiro atoms. The van der Waals surface area contributed by atoms with Gasteiger partial charge in [-0.3, -0.25) is 4.68 Å². The topological polar surface area (TPSA) is 31.9 Å². The van der Waals surface area contributed by atoms with E-state index in [2.05, 4.69) is 10.4 Å². The normalized spacial score (nSPS) is 19.1. The molecule has 1 aromatic heterocycles. The maximum atomic E-state index is 4.35. The summed E-state index contributed by atoms with van der Waals surface area (Å²) in [6, 6.07) is 1.98. The first-order valence-corrected chi connectivity index (χ1v) is 5.06. The lowest BCUT2D eigenvalue weighted by molar-refractivity contribution is 0.328. The first kappa shape index (κ1) is 8.75. The second-order valence-corrected chi connectivity index (χ2v) is 3.67. The third-order valence-corrected chi connectivity index (χ3v) is 2.72. The molecular formula is C10H16N3. The van der Waals surface area contributed by atoms with Crippen LogP contribution in [0.15, 0.2) is 18.5 Å². The summed E-state index contributed by atoms with van der Waals surface area (Å²) in [5.74, 6) is 0.877. The van der Waals surface area contributed by atoms with Crippen molar-refractivity contribution in [1.82, 2.24) is 15.1 Å². The molecule has 1 saturated heterocycles. The molecule has 1 aromatic rings. The smallest absolute Gasteiger partial charge is 0.0489 e. The van der Waals surface area contributed by atoms with Crippen molar-refractivity contribution >= 4 is 0 Å². The highest BCUT2D eigenvalue weighted by Gasteiger charge is 2.13. The number of hydrogen-bond acceptors (Lipinski definition) is 1. The quantitative estimate of drug-likeness (QED) is 0.686. The van der Waals surface area contributed by atoms with Crippen LogP contribution in [0.1, 0.15) is 19.3 Å². The number of nitrogens with zero attached hydrogens (tertiary/aromatic N) is 3. The summed E-state index contributed by atoms with van der Waals surface area (Å²) in [4.78, 5) is 0. The SMILES string of the molecule is c1cnn(CCC2CC[N]CC2)c1. The van der Waals surface area contributed by atoms with E-state index in [-0.39, 0.29) is 0 Å². The van der Waals surface area contributed by atoms with Crippen molar-refractivity contribution in [2.45, 2.75) is 25.8 Å². The molecule has 0 atom stereocenters. The minimum absolute atomic E-state index is 0.877. The molecule has 2 rings (SSSR count). The Morgan fingerprint density at radius 2 is 2.15 bits per heavy atom. The summed E-state index contributed by atoms with van der Waals surface area (Å²) in [6.45, 7) is 3.21.